The highest BCUT2D eigenvalue weighted by molar-refractivity contribution is 6.30. The quantitative estimate of drug-likeness (QED) is 0.813. The lowest BCUT2D eigenvalue weighted by Crippen LogP contribution is -2.20. The second kappa shape index (κ2) is 6.99. The molecule has 0 saturated carbocycles. The molecule has 0 atom stereocenters. The Morgan fingerprint density at radius 1 is 1.17 bits per heavy atom. The number of hydrogen-bond donors (Lipinski definition) is 1. The highest BCUT2D eigenvalue weighted by Crippen LogP contribution is 2.16. The SMILES string of the molecule is Clc1cccc(OCCNCc2ccncc2)c1. The van der Waals surface area contributed by atoms with Gasteiger partial charge in [-0.15, -0.1) is 0 Å². The van der Waals surface area contributed by atoms with E-state index in [4.69, 9.17) is 16.3 Å². The van der Waals surface area contributed by atoms with Crippen molar-refractivity contribution in [1.82, 2.24) is 10.3 Å². The van der Waals surface area contributed by atoms with Gasteiger partial charge in [-0.05, 0) is 35.9 Å². The van der Waals surface area contributed by atoms with Crippen LogP contribution in [0.1, 0.15) is 5.56 Å². The van der Waals surface area contributed by atoms with Crippen molar-refractivity contribution in [3.8, 4) is 5.75 Å². The van der Waals surface area contributed by atoms with E-state index in [1.165, 1.54) is 5.56 Å². The average Bonchev–Trinajstić information content (AvgIpc) is 2.40. The minimum atomic E-state index is 0.616. The van der Waals surface area contributed by atoms with Gasteiger partial charge in [0.1, 0.15) is 12.4 Å². The Labute approximate surface area is 112 Å². The summed E-state index contributed by atoms with van der Waals surface area (Å²) in [5.74, 6) is 0.799. The van der Waals surface area contributed by atoms with Gasteiger partial charge < -0.3 is 10.1 Å². The van der Waals surface area contributed by atoms with Gasteiger partial charge in [0.05, 0.1) is 0 Å². The molecule has 0 unspecified atom stereocenters. The molecule has 1 N–H and O–H groups in total. The number of nitrogens with one attached hydrogen (secondary N) is 1. The minimum absolute atomic E-state index is 0.616. The number of aromatic nitrogens is 1. The molecular formula is C14H15ClN2O. The van der Waals surface area contributed by atoms with Crippen LogP contribution >= 0.6 is 11.6 Å². The summed E-state index contributed by atoms with van der Waals surface area (Å²) in [4.78, 5) is 3.97. The van der Waals surface area contributed by atoms with Crippen LogP contribution in [-0.2, 0) is 6.54 Å². The molecule has 3 nitrogen and oxygen atoms in total. The van der Waals surface area contributed by atoms with Gasteiger partial charge in [0.25, 0.3) is 0 Å². The van der Waals surface area contributed by atoms with E-state index in [0.29, 0.717) is 11.6 Å². The summed E-state index contributed by atoms with van der Waals surface area (Å²) in [6.07, 6.45) is 3.58. The minimum Gasteiger partial charge on any atom is -0.492 e. The second-order valence-corrected chi connectivity index (χ2v) is 4.27. The van der Waals surface area contributed by atoms with Gasteiger partial charge in [-0.25, -0.2) is 0 Å². The number of pyridine rings is 1. The van der Waals surface area contributed by atoms with Crippen LogP contribution < -0.4 is 10.1 Å². The predicted molar refractivity (Wildman–Crippen MR) is 72.9 cm³/mol. The van der Waals surface area contributed by atoms with Crippen molar-refractivity contribution in [2.45, 2.75) is 6.54 Å². The summed E-state index contributed by atoms with van der Waals surface area (Å²) in [6, 6.07) is 11.4. The first-order valence-corrected chi connectivity index (χ1v) is 6.20. The van der Waals surface area contributed by atoms with E-state index in [1.807, 2.05) is 36.4 Å². The van der Waals surface area contributed by atoms with Crippen molar-refractivity contribution in [3.63, 3.8) is 0 Å². The maximum Gasteiger partial charge on any atom is 0.120 e. The number of hydrogen-bond acceptors (Lipinski definition) is 3. The molecule has 4 heteroatoms. The Morgan fingerprint density at radius 3 is 2.78 bits per heavy atom. The third kappa shape index (κ3) is 4.35. The van der Waals surface area contributed by atoms with E-state index in [0.717, 1.165) is 18.8 Å². The Bertz CT molecular complexity index is 476. The average molecular weight is 263 g/mol. The van der Waals surface area contributed by atoms with Crippen LogP contribution in [0.25, 0.3) is 0 Å². The van der Waals surface area contributed by atoms with E-state index in [9.17, 15) is 0 Å². The number of rotatable bonds is 6. The standard InChI is InChI=1S/C14H15ClN2O/c15-13-2-1-3-14(10-13)18-9-8-17-11-12-4-6-16-7-5-12/h1-7,10,17H,8-9,11H2. The molecule has 0 amide bonds. The van der Waals surface area contributed by atoms with Gasteiger partial charge in [-0.2, -0.15) is 0 Å². The Balaban J connectivity index is 1.65. The predicted octanol–water partition coefficient (Wildman–Crippen LogP) is 2.90. The van der Waals surface area contributed by atoms with Crippen LogP contribution in [0.15, 0.2) is 48.8 Å². The lowest BCUT2D eigenvalue weighted by Gasteiger charge is -2.07. The molecule has 0 aliphatic rings. The first-order valence-electron chi connectivity index (χ1n) is 5.82. The van der Waals surface area contributed by atoms with E-state index in [-0.39, 0.29) is 0 Å². The monoisotopic (exact) mass is 262 g/mol. The Morgan fingerprint density at radius 2 is 2.00 bits per heavy atom. The van der Waals surface area contributed by atoms with Crippen LogP contribution in [0.2, 0.25) is 5.02 Å². The molecule has 0 saturated heterocycles. The molecule has 1 aromatic heterocycles. The molecule has 0 aliphatic carbocycles. The smallest absolute Gasteiger partial charge is 0.120 e. The molecule has 1 heterocycles. The number of halogens is 1. The maximum atomic E-state index is 5.86. The van der Waals surface area contributed by atoms with Crippen LogP contribution in [0.4, 0.5) is 0 Å². The van der Waals surface area contributed by atoms with Crippen molar-refractivity contribution < 1.29 is 4.74 Å². The highest BCUT2D eigenvalue weighted by Gasteiger charge is 1.95. The zero-order valence-electron chi connectivity index (χ0n) is 9.97. The fourth-order valence-corrected chi connectivity index (χ4v) is 1.71. The molecule has 2 aromatic rings. The molecule has 0 spiro atoms. The normalized spacial score (nSPS) is 10.3. The van der Waals surface area contributed by atoms with Gasteiger partial charge in [0.15, 0.2) is 0 Å². The molecule has 2 rings (SSSR count). The zero-order valence-corrected chi connectivity index (χ0v) is 10.7. The van der Waals surface area contributed by atoms with Gasteiger partial charge in [-0.3, -0.25) is 4.98 Å². The van der Waals surface area contributed by atoms with E-state index in [2.05, 4.69) is 10.3 Å². The summed E-state index contributed by atoms with van der Waals surface area (Å²) in [6.45, 7) is 2.22. The summed E-state index contributed by atoms with van der Waals surface area (Å²) in [5, 5.41) is 3.99. The fraction of sp³-hybridized carbons (Fsp3) is 0.214. The largest absolute Gasteiger partial charge is 0.492 e. The Hall–Kier alpha value is -1.58. The fourth-order valence-electron chi connectivity index (χ4n) is 1.53. The van der Waals surface area contributed by atoms with Crippen molar-refractivity contribution in [2.24, 2.45) is 0 Å². The maximum absolute atomic E-state index is 5.86. The molecule has 0 aliphatic heterocycles. The second-order valence-electron chi connectivity index (χ2n) is 3.84. The van der Waals surface area contributed by atoms with Gasteiger partial charge in [0.2, 0.25) is 0 Å². The van der Waals surface area contributed by atoms with Crippen molar-refractivity contribution in [2.75, 3.05) is 13.2 Å². The number of benzene rings is 1. The first kappa shape index (κ1) is 12.9. The third-order valence-electron chi connectivity index (χ3n) is 2.42. The highest BCUT2D eigenvalue weighted by atomic mass is 35.5. The van der Waals surface area contributed by atoms with Gasteiger partial charge >= 0.3 is 0 Å². The summed E-state index contributed by atoms with van der Waals surface area (Å²) in [7, 11) is 0. The molecule has 0 bridgehead atoms. The van der Waals surface area contributed by atoms with Crippen LogP contribution in [0, 0.1) is 0 Å². The van der Waals surface area contributed by atoms with E-state index < -0.39 is 0 Å². The van der Waals surface area contributed by atoms with Crippen molar-refractivity contribution in [3.05, 3.63) is 59.4 Å². The van der Waals surface area contributed by atoms with E-state index >= 15 is 0 Å². The topological polar surface area (TPSA) is 34.1 Å². The van der Waals surface area contributed by atoms with E-state index in [1.54, 1.807) is 12.4 Å². The number of ether oxygens (including phenoxy) is 1. The van der Waals surface area contributed by atoms with Crippen molar-refractivity contribution in [1.29, 1.82) is 0 Å². The van der Waals surface area contributed by atoms with Crippen LogP contribution in [-0.4, -0.2) is 18.1 Å². The van der Waals surface area contributed by atoms with Crippen molar-refractivity contribution >= 4 is 11.6 Å². The molecular weight excluding hydrogens is 248 g/mol. The lowest BCUT2D eigenvalue weighted by atomic mass is 10.3. The molecule has 1 aromatic carbocycles. The van der Waals surface area contributed by atoms with Gasteiger partial charge in [-0.1, -0.05) is 17.7 Å². The third-order valence-corrected chi connectivity index (χ3v) is 2.66. The summed E-state index contributed by atoms with van der Waals surface area (Å²) in [5.41, 5.74) is 1.22. The number of nitrogens with zero attached hydrogens (tertiary/aromatic N) is 1. The summed E-state index contributed by atoms with van der Waals surface area (Å²) < 4.78 is 5.57. The Kier molecular flexibility index (Phi) is 5.00. The molecule has 0 fully saturated rings. The van der Waals surface area contributed by atoms with Crippen LogP contribution in [0.3, 0.4) is 0 Å². The molecule has 0 radical (unpaired) electrons. The van der Waals surface area contributed by atoms with Crippen LogP contribution in [0.5, 0.6) is 5.75 Å². The first-order chi connectivity index (χ1) is 8.84. The lowest BCUT2D eigenvalue weighted by molar-refractivity contribution is 0.313. The zero-order chi connectivity index (χ0) is 12.6. The summed E-state index contributed by atoms with van der Waals surface area (Å²) >= 11 is 5.86. The van der Waals surface area contributed by atoms with Gasteiger partial charge in [0, 0.05) is 30.5 Å². The molecule has 94 valence electrons. The molecule has 18 heavy (non-hydrogen) atoms.